The summed E-state index contributed by atoms with van der Waals surface area (Å²) in [7, 11) is 1.61. The highest BCUT2D eigenvalue weighted by Crippen LogP contribution is 2.28. The number of hydrogen-bond donors (Lipinski definition) is 0. The summed E-state index contributed by atoms with van der Waals surface area (Å²) in [6.07, 6.45) is 2.82. The van der Waals surface area contributed by atoms with Crippen molar-refractivity contribution in [3.63, 3.8) is 0 Å². The van der Waals surface area contributed by atoms with Crippen LogP contribution in [-0.2, 0) is 0 Å². The number of hydrogen-bond acceptors (Lipinski definition) is 3. The highest BCUT2D eigenvalue weighted by atomic mass is 16.5. The lowest BCUT2D eigenvalue weighted by atomic mass is 10.1. The van der Waals surface area contributed by atoms with Gasteiger partial charge >= 0.3 is 0 Å². The molecule has 0 saturated carbocycles. The molecule has 0 spiro atoms. The van der Waals surface area contributed by atoms with Crippen LogP contribution in [0.4, 0.5) is 0 Å². The number of nitrogens with zero attached hydrogens (tertiary/aromatic N) is 1. The molecule has 0 aliphatic heterocycles. The molecule has 0 fully saturated rings. The van der Waals surface area contributed by atoms with Crippen molar-refractivity contribution in [2.75, 3.05) is 13.7 Å². The summed E-state index contributed by atoms with van der Waals surface area (Å²) in [4.78, 5) is 4.22. The minimum atomic E-state index is 0.451. The van der Waals surface area contributed by atoms with Gasteiger partial charge in [-0.3, -0.25) is 0 Å². The third-order valence-corrected chi connectivity index (χ3v) is 2.16. The van der Waals surface area contributed by atoms with Crippen molar-refractivity contribution in [1.82, 2.24) is 4.98 Å². The summed E-state index contributed by atoms with van der Waals surface area (Å²) < 4.78 is 10.7. The van der Waals surface area contributed by atoms with Gasteiger partial charge in [-0.25, -0.2) is 4.98 Å². The fourth-order valence-corrected chi connectivity index (χ4v) is 1.23. The molecule has 0 bridgehead atoms. The second-order valence-electron chi connectivity index (χ2n) is 3.78. The van der Waals surface area contributed by atoms with Gasteiger partial charge in [0.25, 0.3) is 5.88 Å². The molecule has 3 heteroatoms. The number of pyridine rings is 1. The van der Waals surface area contributed by atoms with E-state index in [4.69, 9.17) is 9.47 Å². The minimum absolute atomic E-state index is 0.451. The molecular weight excluding hydrogens is 190 g/mol. The molecule has 0 radical (unpaired) electrons. The van der Waals surface area contributed by atoms with E-state index in [1.807, 2.05) is 12.3 Å². The maximum Gasteiger partial charge on any atom is 0.256 e. The smallest absolute Gasteiger partial charge is 0.256 e. The molecule has 1 rings (SSSR count). The Hall–Kier alpha value is -1.25. The van der Waals surface area contributed by atoms with E-state index in [-0.39, 0.29) is 0 Å². The van der Waals surface area contributed by atoms with Gasteiger partial charge in [0, 0.05) is 6.20 Å². The molecule has 0 amide bonds. The molecule has 0 unspecified atom stereocenters. The highest BCUT2D eigenvalue weighted by Gasteiger charge is 2.08. The molecule has 0 aliphatic carbocycles. The third kappa shape index (κ3) is 3.11. The molecule has 15 heavy (non-hydrogen) atoms. The molecule has 1 aromatic rings. The summed E-state index contributed by atoms with van der Waals surface area (Å²) >= 11 is 0. The molecule has 3 nitrogen and oxygen atoms in total. The highest BCUT2D eigenvalue weighted by molar-refractivity contribution is 5.37. The fourth-order valence-electron chi connectivity index (χ4n) is 1.23. The zero-order valence-corrected chi connectivity index (χ0v) is 9.91. The van der Waals surface area contributed by atoms with Crippen molar-refractivity contribution < 1.29 is 9.47 Å². The number of methoxy groups -OCH3 is 1. The zero-order valence-electron chi connectivity index (χ0n) is 9.91. The van der Waals surface area contributed by atoms with E-state index in [2.05, 4.69) is 25.8 Å². The lowest BCUT2D eigenvalue weighted by Crippen LogP contribution is -2.01. The van der Waals surface area contributed by atoms with E-state index in [0.717, 1.165) is 12.2 Å². The number of ether oxygens (including phenoxy) is 2. The summed E-state index contributed by atoms with van der Waals surface area (Å²) in [5, 5.41) is 0. The SMILES string of the molecule is CCCOc1cc(C(C)C)cnc1OC. The number of rotatable bonds is 5. The Kier molecular flexibility index (Phi) is 4.40. The van der Waals surface area contributed by atoms with Crippen molar-refractivity contribution in [2.24, 2.45) is 0 Å². The van der Waals surface area contributed by atoms with Crippen LogP contribution >= 0.6 is 0 Å². The first kappa shape index (κ1) is 11.8. The van der Waals surface area contributed by atoms with Crippen LogP contribution in [0.5, 0.6) is 11.6 Å². The normalized spacial score (nSPS) is 10.5. The molecule has 84 valence electrons. The van der Waals surface area contributed by atoms with Crippen LogP contribution in [0.3, 0.4) is 0 Å². The molecule has 0 aromatic carbocycles. The van der Waals surface area contributed by atoms with Crippen LogP contribution in [0.15, 0.2) is 12.3 Å². The van der Waals surface area contributed by atoms with Gasteiger partial charge in [-0.2, -0.15) is 0 Å². The van der Waals surface area contributed by atoms with Crippen molar-refractivity contribution >= 4 is 0 Å². The molecule has 0 saturated heterocycles. The quantitative estimate of drug-likeness (QED) is 0.747. The first-order valence-corrected chi connectivity index (χ1v) is 5.35. The van der Waals surface area contributed by atoms with Gasteiger partial charge in [0.2, 0.25) is 0 Å². The van der Waals surface area contributed by atoms with Crippen LogP contribution in [0.1, 0.15) is 38.7 Å². The van der Waals surface area contributed by atoms with Gasteiger partial charge in [-0.15, -0.1) is 0 Å². The topological polar surface area (TPSA) is 31.4 Å². The fraction of sp³-hybridized carbons (Fsp3) is 0.583. The van der Waals surface area contributed by atoms with Gasteiger partial charge < -0.3 is 9.47 Å². The second-order valence-corrected chi connectivity index (χ2v) is 3.78. The van der Waals surface area contributed by atoms with Crippen LogP contribution in [0.2, 0.25) is 0 Å². The van der Waals surface area contributed by atoms with Crippen molar-refractivity contribution in [1.29, 1.82) is 0 Å². The van der Waals surface area contributed by atoms with Gasteiger partial charge in [-0.1, -0.05) is 20.8 Å². The minimum Gasteiger partial charge on any atom is -0.488 e. The van der Waals surface area contributed by atoms with Gasteiger partial charge in [-0.05, 0) is 24.0 Å². The zero-order chi connectivity index (χ0) is 11.3. The third-order valence-electron chi connectivity index (χ3n) is 2.16. The number of aromatic nitrogens is 1. The van der Waals surface area contributed by atoms with E-state index in [9.17, 15) is 0 Å². The van der Waals surface area contributed by atoms with Crippen molar-refractivity contribution in [2.45, 2.75) is 33.1 Å². The van der Waals surface area contributed by atoms with E-state index >= 15 is 0 Å². The Morgan fingerprint density at radius 2 is 2.13 bits per heavy atom. The van der Waals surface area contributed by atoms with Gasteiger partial charge in [0.05, 0.1) is 13.7 Å². The van der Waals surface area contributed by atoms with Gasteiger partial charge in [0.1, 0.15) is 0 Å². The first-order chi connectivity index (χ1) is 7.19. The molecule has 1 heterocycles. The summed E-state index contributed by atoms with van der Waals surface area (Å²) in [5.74, 6) is 1.76. The average molecular weight is 209 g/mol. The molecule has 0 atom stereocenters. The molecule has 1 aromatic heterocycles. The summed E-state index contributed by atoms with van der Waals surface area (Å²) in [6.45, 7) is 7.03. The van der Waals surface area contributed by atoms with E-state index in [1.54, 1.807) is 7.11 Å². The van der Waals surface area contributed by atoms with Crippen LogP contribution in [0.25, 0.3) is 0 Å². The summed E-state index contributed by atoms with van der Waals surface area (Å²) in [6, 6.07) is 2.01. The Labute approximate surface area is 91.4 Å². The second kappa shape index (κ2) is 5.59. The maximum atomic E-state index is 5.58. The lowest BCUT2D eigenvalue weighted by molar-refractivity contribution is 0.288. The summed E-state index contributed by atoms with van der Waals surface area (Å²) in [5.41, 5.74) is 1.17. The van der Waals surface area contributed by atoms with E-state index in [1.165, 1.54) is 5.56 Å². The average Bonchev–Trinajstić information content (AvgIpc) is 2.25. The lowest BCUT2D eigenvalue weighted by Gasteiger charge is -2.12. The molecule has 0 N–H and O–H groups in total. The molecular formula is C12H19NO2. The predicted octanol–water partition coefficient (Wildman–Crippen LogP) is 3.00. The maximum absolute atomic E-state index is 5.58. The Morgan fingerprint density at radius 1 is 1.40 bits per heavy atom. The predicted molar refractivity (Wildman–Crippen MR) is 60.7 cm³/mol. The van der Waals surface area contributed by atoms with Crippen LogP contribution in [0, 0.1) is 0 Å². The largest absolute Gasteiger partial charge is 0.488 e. The van der Waals surface area contributed by atoms with Crippen LogP contribution in [-0.4, -0.2) is 18.7 Å². The van der Waals surface area contributed by atoms with Crippen LogP contribution < -0.4 is 9.47 Å². The monoisotopic (exact) mass is 209 g/mol. The van der Waals surface area contributed by atoms with E-state index < -0.39 is 0 Å². The Morgan fingerprint density at radius 3 is 2.67 bits per heavy atom. The van der Waals surface area contributed by atoms with E-state index in [0.29, 0.717) is 18.4 Å². The Bertz CT molecular complexity index is 310. The van der Waals surface area contributed by atoms with Crippen molar-refractivity contribution in [3.8, 4) is 11.6 Å². The van der Waals surface area contributed by atoms with Gasteiger partial charge in [0.15, 0.2) is 5.75 Å². The van der Waals surface area contributed by atoms with Crippen molar-refractivity contribution in [3.05, 3.63) is 17.8 Å². The standard InChI is InChI=1S/C12H19NO2/c1-5-6-15-11-7-10(9(2)3)8-13-12(11)14-4/h7-9H,5-6H2,1-4H3. The first-order valence-electron chi connectivity index (χ1n) is 5.35. The molecule has 0 aliphatic rings. The Balaban J connectivity index is 2.91.